The topological polar surface area (TPSA) is 65.4 Å². The van der Waals surface area contributed by atoms with Crippen molar-refractivity contribution in [2.75, 3.05) is 6.79 Å². The summed E-state index contributed by atoms with van der Waals surface area (Å²) in [7, 11) is 1.90. The number of carbonyl (C=O) groups excluding carboxylic acids is 1. The van der Waals surface area contributed by atoms with E-state index in [0.717, 1.165) is 28.3 Å². The largest absolute Gasteiger partial charge is 0.454 e. The number of rotatable bonds is 5. The molecule has 1 aromatic heterocycles. The maximum Gasteiger partial charge on any atom is 0.231 e. The van der Waals surface area contributed by atoms with E-state index in [1.54, 1.807) is 0 Å². The zero-order valence-corrected chi connectivity index (χ0v) is 12.8. The summed E-state index contributed by atoms with van der Waals surface area (Å²) < 4.78 is 12.4. The minimum Gasteiger partial charge on any atom is -0.454 e. The molecule has 0 fully saturated rings. The van der Waals surface area contributed by atoms with Crippen LogP contribution in [0, 0.1) is 6.92 Å². The van der Waals surface area contributed by atoms with Crippen molar-refractivity contribution in [3.05, 3.63) is 41.2 Å². The number of nitrogens with zero attached hydrogens (tertiary/aromatic N) is 2. The van der Waals surface area contributed by atoms with Gasteiger partial charge in [0.25, 0.3) is 0 Å². The van der Waals surface area contributed by atoms with E-state index >= 15 is 0 Å². The highest BCUT2D eigenvalue weighted by molar-refractivity contribution is 5.76. The first-order valence-corrected chi connectivity index (χ1v) is 7.26. The van der Waals surface area contributed by atoms with Gasteiger partial charge in [-0.3, -0.25) is 9.48 Å². The lowest BCUT2D eigenvalue weighted by Crippen LogP contribution is -2.23. The smallest absolute Gasteiger partial charge is 0.231 e. The first-order chi connectivity index (χ1) is 10.6. The molecule has 3 rings (SSSR count). The molecule has 1 aromatic carbocycles. The van der Waals surface area contributed by atoms with Crippen molar-refractivity contribution in [2.45, 2.75) is 26.3 Å². The van der Waals surface area contributed by atoms with Crippen molar-refractivity contribution in [3.8, 4) is 11.5 Å². The standard InChI is InChI=1S/C16H19N3O3/c1-11-13(9-18-19(11)2)4-6-16(20)17-8-12-3-5-14-15(7-12)22-10-21-14/h3,5,7,9H,4,6,8,10H2,1-2H3,(H,17,20). The lowest BCUT2D eigenvalue weighted by Gasteiger charge is -2.06. The van der Waals surface area contributed by atoms with Crippen molar-refractivity contribution in [1.29, 1.82) is 0 Å². The highest BCUT2D eigenvalue weighted by atomic mass is 16.7. The Bertz CT molecular complexity index is 694. The maximum atomic E-state index is 11.9. The van der Waals surface area contributed by atoms with Crippen LogP contribution in [0.2, 0.25) is 0 Å². The maximum absolute atomic E-state index is 11.9. The van der Waals surface area contributed by atoms with Gasteiger partial charge in [-0.05, 0) is 36.6 Å². The van der Waals surface area contributed by atoms with E-state index in [1.807, 2.05) is 43.0 Å². The number of aryl methyl sites for hydroxylation is 2. The van der Waals surface area contributed by atoms with Crippen molar-refractivity contribution >= 4 is 5.91 Å². The van der Waals surface area contributed by atoms with Crippen molar-refractivity contribution in [2.24, 2.45) is 7.05 Å². The molecule has 22 heavy (non-hydrogen) atoms. The van der Waals surface area contributed by atoms with E-state index in [4.69, 9.17) is 9.47 Å². The molecule has 0 unspecified atom stereocenters. The minimum absolute atomic E-state index is 0.0286. The number of ether oxygens (including phenoxy) is 2. The molecule has 0 radical (unpaired) electrons. The number of hydrogen-bond donors (Lipinski definition) is 1. The Morgan fingerprint density at radius 2 is 2.18 bits per heavy atom. The molecule has 6 heteroatoms. The molecule has 0 bridgehead atoms. The van der Waals surface area contributed by atoms with E-state index in [0.29, 0.717) is 19.4 Å². The Morgan fingerprint density at radius 3 is 2.95 bits per heavy atom. The zero-order valence-electron chi connectivity index (χ0n) is 12.8. The molecule has 0 atom stereocenters. The number of fused-ring (bicyclic) bond motifs is 1. The molecule has 0 spiro atoms. The molecule has 116 valence electrons. The van der Waals surface area contributed by atoms with E-state index < -0.39 is 0 Å². The van der Waals surface area contributed by atoms with Crippen LogP contribution in [0.15, 0.2) is 24.4 Å². The average molecular weight is 301 g/mol. The molecule has 0 aliphatic carbocycles. The lowest BCUT2D eigenvalue weighted by molar-refractivity contribution is -0.121. The second kappa shape index (κ2) is 6.09. The summed E-state index contributed by atoms with van der Waals surface area (Å²) in [6.07, 6.45) is 2.98. The molecule has 2 heterocycles. The Balaban J connectivity index is 1.49. The number of benzene rings is 1. The summed E-state index contributed by atoms with van der Waals surface area (Å²) in [4.78, 5) is 11.9. The van der Waals surface area contributed by atoms with E-state index in [2.05, 4.69) is 10.4 Å². The SMILES string of the molecule is Cc1c(CCC(=O)NCc2ccc3c(c2)OCO3)cnn1C. The molecule has 6 nitrogen and oxygen atoms in total. The normalized spacial score (nSPS) is 12.5. The predicted octanol–water partition coefficient (Wildman–Crippen LogP) is 1.71. The Morgan fingerprint density at radius 1 is 1.36 bits per heavy atom. The second-order valence-electron chi connectivity index (χ2n) is 5.34. The van der Waals surface area contributed by atoms with Crippen LogP contribution in [-0.2, 0) is 24.8 Å². The van der Waals surface area contributed by atoms with Gasteiger partial charge in [-0.1, -0.05) is 6.07 Å². The van der Waals surface area contributed by atoms with Crippen LogP contribution in [0.25, 0.3) is 0 Å². The van der Waals surface area contributed by atoms with Gasteiger partial charge in [0.2, 0.25) is 12.7 Å². The van der Waals surface area contributed by atoms with Gasteiger partial charge >= 0.3 is 0 Å². The molecule has 1 amide bonds. The van der Waals surface area contributed by atoms with E-state index in [-0.39, 0.29) is 12.7 Å². The zero-order chi connectivity index (χ0) is 15.5. The van der Waals surface area contributed by atoms with Crippen LogP contribution >= 0.6 is 0 Å². The Kier molecular flexibility index (Phi) is 4.00. The van der Waals surface area contributed by atoms with Gasteiger partial charge in [0.15, 0.2) is 11.5 Å². The summed E-state index contributed by atoms with van der Waals surface area (Å²) in [5.74, 6) is 1.51. The highest BCUT2D eigenvalue weighted by Crippen LogP contribution is 2.32. The minimum atomic E-state index is 0.0286. The van der Waals surface area contributed by atoms with E-state index in [1.165, 1.54) is 0 Å². The monoisotopic (exact) mass is 301 g/mol. The molecule has 1 aliphatic heterocycles. The fourth-order valence-electron chi connectivity index (χ4n) is 2.38. The van der Waals surface area contributed by atoms with Crippen LogP contribution < -0.4 is 14.8 Å². The number of nitrogens with one attached hydrogen (secondary N) is 1. The number of amides is 1. The molecule has 2 aromatic rings. The summed E-state index contributed by atoms with van der Waals surface area (Å²) in [5, 5.41) is 7.10. The third kappa shape index (κ3) is 3.05. The van der Waals surface area contributed by atoms with Gasteiger partial charge in [0.1, 0.15) is 0 Å². The fraction of sp³-hybridized carbons (Fsp3) is 0.375. The van der Waals surface area contributed by atoms with Crippen LogP contribution in [0.4, 0.5) is 0 Å². The van der Waals surface area contributed by atoms with Crippen LogP contribution in [-0.4, -0.2) is 22.5 Å². The second-order valence-corrected chi connectivity index (χ2v) is 5.34. The van der Waals surface area contributed by atoms with Gasteiger partial charge < -0.3 is 14.8 Å². The average Bonchev–Trinajstić information content (AvgIpc) is 3.11. The quantitative estimate of drug-likeness (QED) is 0.913. The summed E-state index contributed by atoms with van der Waals surface area (Å²) in [6, 6.07) is 5.69. The van der Waals surface area contributed by atoms with Gasteiger partial charge in [-0.15, -0.1) is 0 Å². The summed E-state index contributed by atoms with van der Waals surface area (Å²) in [6.45, 7) is 2.75. The van der Waals surface area contributed by atoms with Crippen LogP contribution in [0.1, 0.15) is 23.2 Å². The van der Waals surface area contributed by atoms with Crippen LogP contribution in [0.3, 0.4) is 0 Å². The molecule has 1 aliphatic rings. The number of aromatic nitrogens is 2. The van der Waals surface area contributed by atoms with Gasteiger partial charge in [-0.2, -0.15) is 5.10 Å². The molecule has 0 saturated carbocycles. The number of hydrogen-bond acceptors (Lipinski definition) is 4. The Hall–Kier alpha value is -2.50. The van der Waals surface area contributed by atoms with Gasteiger partial charge in [-0.25, -0.2) is 0 Å². The van der Waals surface area contributed by atoms with Crippen molar-refractivity contribution < 1.29 is 14.3 Å². The molecule has 1 N–H and O–H groups in total. The first kappa shape index (κ1) is 14.4. The highest BCUT2D eigenvalue weighted by Gasteiger charge is 2.13. The van der Waals surface area contributed by atoms with E-state index in [9.17, 15) is 4.79 Å². The molecule has 0 saturated heterocycles. The van der Waals surface area contributed by atoms with Gasteiger partial charge in [0, 0.05) is 25.7 Å². The fourth-order valence-corrected chi connectivity index (χ4v) is 2.38. The van der Waals surface area contributed by atoms with Crippen molar-refractivity contribution in [1.82, 2.24) is 15.1 Å². The van der Waals surface area contributed by atoms with Gasteiger partial charge in [0.05, 0.1) is 6.20 Å². The molecular formula is C16H19N3O3. The lowest BCUT2D eigenvalue weighted by atomic mass is 10.1. The molecular weight excluding hydrogens is 282 g/mol. The van der Waals surface area contributed by atoms with Crippen LogP contribution in [0.5, 0.6) is 11.5 Å². The first-order valence-electron chi connectivity index (χ1n) is 7.26. The Labute approximate surface area is 129 Å². The third-order valence-electron chi connectivity index (χ3n) is 3.88. The number of carbonyl (C=O) groups is 1. The summed E-state index contributed by atoms with van der Waals surface area (Å²) >= 11 is 0. The third-order valence-corrected chi connectivity index (χ3v) is 3.88. The summed E-state index contributed by atoms with van der Waals surface area (Å²) in [5.41, 5.74) is 3.21. The van der Waals surface area contributed by atoms with Crippen molar-refractivity contribution in [3.63, 3.8) is 0 Å². The predicted molar refractivity (Wildman–Crippen MR) is 80.7 cm³/mol.